The molecule has 6 nitrogen and oxygen atoms in total. The summed E-state index contributed by atoms with van der Waals surface area (Å²) in [5.41, 5.74) is 2.20. The predicted octanol–water partition coefficient (Wildman–Crippen LogP) is 4.76. The first-order chi connectivity index (χ1) is 15.5. The van der Waals surface area contributed by atoms with E-state index in [0.29, 0.717) is 44.9 Å². The Bertz CT molecular complexity index is 1290. The van der Waals surface area contributed by atoms with E-state index in [0.717, 1.165) is 5.56 Å². The van der Waals surface area contributed by atoms with Crippen LogP contribution in [0.4, 0.5) is 0 Å². The molecule has 0 saturated carbocycles. The van der Waals surface area contributed by atoms with Gasteiger partial charge in [0, 0.05) is 29.5 Å². The SMILES string of the molecule is COc1ccc(-c2c(CC(O)c3ccccc3)c3ccc(OC)cc3oc2=O)c(OC)c1. The van der Waals surface area contributed by atoms with Crippen LogP contribution < -0.4 is 19.8 Å². The van der Waals surface area contributed by atoms with Crippen LogP contribution in [0, 0.1) is 0 Å². The molecule has 0 radical (unpaired) electrons. The summed E-state index contributed by atoms with van der Waals surface area (Å²) in [5.74, 6) is 1.65. The zero-order valence-electron chi connectivity index (χ0n) is 18.1. The van der Waals surface area contributed by atoms with E-state index in [2.05, 4.69) is 0 Å². The molecule has 0 aliphatic rings. The van der Waals surface area contributed by atoms with Crippen LogP contribution in [0.25, 0.3) is 22.1 Å². The molecule has 4 rings (SSSR count). The van der Waals surface area contributed by atoms with Gasteiger partial charge in [-0.05, 0) is 35.4 Å². The lowest BCUT2D eigenvalue weighted by molar-refractivity contribution is 0.179. The molecule has 1 heterocycles. The maximum Gasteiger partial charge on any atom is 0.344 e. The molecule has 0 aliphatic heterocycles. The van der Waals surface area contributed by atoms with Crippen LogP contribution in [0.2, 0.25) is 0 Å². The summed E-state index contributed by atoms with van der Waals surface area (Å²) in [5, 5.41) is 11.7. The van der Waals surface area contributed by atoms with Crippen molar-refractivity contribution >= 4 is 11.0 Å². The number of methoxy groups -OCH3 is 3. The Balaban J connectivity index is 1.97. The first-order valence-corrected chi connectivity index (χ1v) is 10.1. The summed E-state index contributed by atoms with van der Waals surface area (Å²) in [6.07, 6.45) is -0.602. The number of hydrogen-bond acceptors (Lipinski definition) is 6. The van der Waals surface area contributed by atoms with Gasteiger partial charge < -0.3 is 23.7 Å². The van der Waals surface area contributed by atoms with E-state index in [1.165, 1.54) is 7.11 Å². The second-order valence-corrected chi connectivity index (χ2v) is 7.30. The lowest BCUT2D eigenvalue weighted by Crippen LogP contribution is -2.12. The van der Waals surface area contributed by atoms with Gasteiger partial charge in [-0.15, -0.1) is 0 Å². The largest absolute Gasteiger partial charge is 0.497 e. The summed E-state index contributed by atoms with van der Waals surface area (Å²) in [6, 6.07) is 19.9. The number of rotatable bonds is 7. The first kappa shape index (κ1) is 21.5. The average Bonchev–Trinajstić information content (AvgIpc) is 2.83. The second-order valence-electron chi connectivity index (χ2n) is 7.30. The average molecular weight is 432 g/mol. The van der Waals surface area contributed by atoms with Gasteiger partial charge in [0.15, 0.2) is 0 Å². The van der Waals surface area contributed by atoms with Crippen molar-refractivity contribution in [3.63, 3.8) is 0 Å². The highest BCUT2D eigenvalue weighted by atomic mass is 16.5. The third-order valence-electron chi connectivity index (χ3n) is 5.48. The van der Waals surface area contributed by atoms with E-state index < -0.39 is 11.7 Å². The Morgan fingerprint density at radius 1 is 0.875 bits per heavy atom. The molecule has 0 bridgehead atoms. The molecule has 1 atom stereocenters. The minimum absolute atomic E-state index is 0.211. The highest BCUT2D eigenvalue weighted by molar-refractivity contribution is 5.89. The van der Waals surface area contributed by atoms with Crippen molar-refractivity contribution in [1.29, 1.82) is 0 Å². The van der Waals surface area contributed by atoms with Crippen LogP contribution in [0.15, 0.2) is 75.9 Å². The van der Waals surface area contributed by atoms with Crippen molar-refractivity contribution in [2.75, 3.05) is 21.3 Å². The molecule has 4 aromatic rings. The second kappa shape index (κ2) is 9.16. The lowest BCUT2D eigenvalue weighted by Gasteiger charge is -2.18. The fourth-order valence-electron chi connectivity index (χ4n) is 3.85. The Morgan fingerprint density at radius 3 is 2.25 bits per heavy atom. The molecule has 0 aliphatic carbocycles. The van der Waals surface area contributed by atoms with E-state index in [-0.39, 0.29) is 6.42 Å². The molecule has 3 aromatic carbocycles. The summed E-state index contributed by atoms with van der Waals surface area (Å²) in [4.78, 5) is 13.2. The van der Waals surface area contributed by atoms with Gasteiger partial charge in [0.1, 0.15) is 22.8 Å². The van der Waals surface area contributed by atoms with Crippen LogP contribution in [-0.4, -0.2) is 26.4 Å². The quantitative estimate of drug-likeness (QED) is 0.424. The van der Waals surface area contributed by atoms with Crippen LogP contribution in [0.1, 0.15) is 17.2 Å². The molecule has 0 fully saturated rings. The fourth-order valence-corrected chi connectivity index (χ4v) is 3.85. The minimum Gasteiger partial charge on any atom is -0.497 e. The number of aliphatic hydroxyl groups is 1. The van der Waals surface area contributed by atoms with Gasteiger partial charge in [0.25, 0.3) is 0 Å². The van der Waals surface area contributed by atoms with Crippen molar-refractivity contribution in [1.82, 2.24) is 0 Å². The van der Waals surface area contributed by atoms with Crippen LogP contribution in [-0.2, 0) is 6.42 Å². The Morgan fingerprint density at radius 2 is 1.56 bits per heavy atom. The lowest BCUT2D eigenvalue weighted by atomic mass is 9.92. The van der Waals surface area contributed by atoms with Gasteiger partial charge in [-0.2, -0.15) is 0 Å². The normalized spacial score (nSPS) is 11.9. The predicted molar refractivity (Wildman–Crippen MR) is 123 cm³/mol. The van der Waals surface area contributed by atoms with Crippen LogP contribution in [0.3, 0.4) is 0 Å². The van der Waals surface area contributed by atoms with Crippen molar-refractivity contribution in [3.05, 3.63) is 88.3 Å². The molecule has 164 valence electrons. The molecule has 1 N–H and O–H groups in total. The van der Waals surface area contributed by atoms with Gasteiger partial charge in [0.2, 0.25) is 0 Å². The maximum atomic E-state index is 13.2. The maximum absolute atomic E-state index is 13.2. The highest BCUT2D eigenvalue weighted by Gasteiger charge is 2.23. The van der Waals surface area contributed by atoms with Crippen molar-refractivity contribution < 1.29 is 23.7 Å². The molecule has 32 heavy (non-hydrogen) atoms. The third-order valence-corrected chi connectivity index (χ3v) is 5.48. The van der Waals surface area contributed by atoms with Crippen molar-refractivity contribution in [2.45, 2.75) is 12.5 Å². The van der Waals surface area contributed by atoms with Gasteiger partial charge in [-0.25, -0.2) is 4.79 Å². The van der Waals surface area contributed by atoms with Crippen molar-refractivity contribution in [3.8, 4) is 28.4 Å². The zero-order chi connectivity index (χ0) is 22.7. The number of ether oxygens (including phenoxy) is 3. The van der Waals surface area contributed by atoms with Gasteiger partial charge in [-0.1, -0.05) is 30.3 Å². The summed E-state index contributed by atoms with van der Waals surface area (Å²) in [7, 11) is 4.65. The molecule has 0 saturated heterocycles. The molecular formula is C26H24O6. The van der Waals surface area contributed by atoms with Gasteiger partial charge in [0.05, 0.1) is 33.0 Å². The standard InChI is InChI=1S/C26H24O6/c1-29-17-10-12-20(23(13-17)31-3)25-21(15-22(27)16-7-5-4-6-8-16)19-11-9-18(30-2)14-24(19)32-26(25)28/h4-14,22,27H,15H2,1-3H3. The van der Waals surface area contributed by atoms with Crippen molar-refractivity contribution in [2.24, 2.45) is 0 Å². The number of hydrogen-bond donors (Lipinski definition) is 1. The molecule has 1 aromatic heterocycles. The summed E-state index contributed by atoms with van der Waals surface area (Å²) < 4.78 is 21.8. The fraction of sp³-hybridized carbons (Fsp3) is 0.192. The Kier molecular flexibility index (Phi) is 6.14. The highest BCUT2D eigenvalue weighted by Crippen LogP contribution is 2.38. The van der Waals surface area contributed by atoms with Gasteiger partial charge >= 0.3 is 5.63 Å². The van der Waals surface area contributed by atoms with E-state index in [1.54, 1.807) is 44.6 Å². The van der Waals surface area contributed by atoms with Gasteiger partial charge in [-0.3, -0.25) is 0 Å². The molecule has 1 unspecified atom stereocenters. The van der Waals surface area contributed by atoms with Crippen LogP contribution in [0.5, 0.6) is 17.2 Å². The molecular weight excluding hydrogens is 408 g/mol. The zero-order valence-corrected chi connectivity index (χ0v) is 18.1. The smallest absolute Gasteiger partial charge is 0.344 e. The first-order valence-electron chi connectivity index (χ1n) is 10.1. The monoisotopic (exact) mass is 432 g/mol. The van der Waals surface area contributed by atoms with E-state index in [9.17, 15) is 9.90 Å². The van der Waals surface area contributed by atoms with Crippen LogP contribution >= 0.6 is 0 Å². The van der Waals surface area contributed by atoms with E-state index in [4.69, 9.17) is 18.6 Å². The Labute approximate surface area is 185 Å². The minimum atomic E-state index is -0.814. The molecule has 6 heteroatoms. The topological polar surface area (TPSA) is 78.1 Å². The number of benzene rings is 3. The van der Waals surface area contributed by atoms with E-state index in [1.807, 2.05) is 36.4 Å². The third kappa shape index (κ3) is 4.05. The number of fused-ring (bicyclic) bond motifs is 1. The molecule has 0 spiro atoms. The van der Waals surface area contributed by atoms with E-state index >= 15 is 0 Å². The number of aliphatic hydroxyl groups excluding tert-OH is 1. The Hall–Kier alpha value is -3.77. The molecule has 0 amide bonds. The summed E-state index contributed by atoms with van der Waals surface area (Å²) in [6.45, 7) is 0. The summed E-state index contributed by atoms with van der Waals surface area (Å²) >= 11 is 0.